The number of rotatable bonds is 5. The first-order valence-corrected chi connectivity index (χ1v) is 14.5. The van der Waals surface area contributed by atoms with Gasteiger partial charge in [0.2, 0.25) is 0 Å². The van der Waals surface area contributed by atoms with E-state index >= 15 is 0 Å². The number of aromatic nitrogens is 2. The SMILES string of the molecule is CCOC1Cc2cc(Br)ccc2C1N1CCN(C2(C)CCN(C(=O)c3c(C)ncnc3C)CC2)C[C@@H]1C. The Morgan fingerprint density at radius 3 is 2.49 bits per heavy atom. The molecule has 0 spiro atoms. The molecule has 0 radical (unpaired) electrons. The Balaban J connectivity index is 1.25. The first-order chi connectivity index (χ1) is 17.7. The van der Waals surface area contributed by atoms with Gasteiger partial charge in [0.05, 0.1) is 29.1 Å². The van der Waals surface area contributed by atoms with Crippen LogP contribution >= 0.6 is 15.9 Å². The number of aryl methyl sites for hydroxylation is 2. The fourth-order valence-electron chi connectivity index (χ4n) is 6.77. The zero-order chi connectivity index (χ0) is 26.3. The van der Waals surface area contributed by atoms with Crippen molar-refractivity contribution in [1.29, 1.82) is 0 Å². The lowest BCUT2D eigenvalue weighted by molar-refractivity contribution is -0.0630. The van der Waals surface area contributed by atoms with Gasteiger partial charge in [0, 0.05) is 61.8 Å². The Morgan fingerprint density at radius 2 is 1.84 bits per heavy atom. The van der Waals surface area contributed by atoms with Gasteiger partial charge in [0.15, 0.2) is 0 Å². The van der Waals surface area contributed by atoms with Gasteiger partial charge < -0.3 is 9.64 Å². The molecule has 2 aliphatic heterocycles. The van der Waals surface area contributed by atoms with E-state index in [0.29, 0.717) is 17.6 Å². The standard InChI is InChI=1S/C29H40BrN5O2/c1-6-37-25-16-22-15-23(30)7-8-24(22)27(25)35-14-13-34(17-19(35)2)29(5)9-11-33(12-10-29)28(36)26-20(3)31-18-32-21(26)4/h7-8,15,18-19,25,27H,6,9-14,16-17H2,1-5H3/t19-,25?,27?/m0/s1. The minimum absolute atomic E-state index is 0.0735. The smallest absolute Gasteiger partial charge is 0.257 e. The highest BCUT2D eigenvalue weighted by molar-refractivity contribution is 9.10. The highest BCUT2D eigenvalue weighted by Crippen LogP contribution is 2.42. The molecule has 200 valence electrons. The second-order valence-corrected chi connectivity index (χ2v) is 12.1. The molecule has 3 heterocycles. The van der Waals surface area contributed by atoms with Crippen LogP contribution in [0.4, 0.5) is 0 Å². The van der Waals surface area contributed by atoms with E-state index < -0.39 is 0 Å². The second kappa shape index (κ2) is 10.7. The molecule has 1 aromatic heterocycles. The predicted octanol–water partition coefficient (Wildman–Crippen LogP) is 4.56. The lowest BCUT2D eigenvalue weighted by atomic mass is 9.86. The molecule has 8 heteroatoms. The molecule has 3 atom stereocenters. The van der Waals surface area contributed by atoms with Gasteiger partial charge in [-0.3, -0.25) is 14.6 Å². The monoisotopic (exact) mass is 569 g/mol. The van der Waals surface area contributed by atoms with Crippen LogP contribution in [0.3, 0.4) is 0 Å². The Bertz CT molecular complexity index is 1130. The number of piperidine rings is 1. The van der Waals surface area contributed by atoms with Gasteiger partial charge in [-0.1, -0.05) is 22.0 Å². The van der Waals surface area contributed by atoms with Gasteiger partial charge in [0.25, 0.3) is 5.91 Å². The summed E-state index contributed by atoms with van der Waals surface area (Å²) in [6.45, 7) is 16.1. The Morgan fingerprint density at radius 1 is 1.14 bits per heavy atom. The molecule has 0 saturated carbocycles. The highest BCUT2D eigenvalue weighted by atomic mass is 79.9. The first-order valence-electron chi connectivity index (χ1n) is 13.7. The molecule has 1 aliphatic carbocycles. The van der Waals surface area contributed by atoms with Crippen LogP contribution in [0.5, 0.6) is 0 Å². The van der Waals surface area contributed by atoms with Crippen molar-refractivity contribution in [3.05, 3.63) is 57.1 Å². The Hall–Kier alpha value is -1.87. The van der Waals surface area contributed by atoms with Crippen LogP contribution in [0.25, 0.3) is 0 Å². The topological polar surface area (TPSA) is 61.8 Å². The Kier molecular flexibility index (Phi) is 7.74. The summed E-state index contributed by atoms with van der Waals surface area (Å²) in [5.41, 5.74) is 5.14. The average molecular weight is 571 g/mol. The first kappa shape index (κ1) is 26.7. The molecular formula is C29H40BrN5O2. The van der Waals surface area contributed by atoms with Gasteiger partial charge in [-0.25, -0.2) is 9.97 Å². The molecule has 2 aromatic rings. The van der Waals surface area contributed by atoms with Crippen molar-refractivity contribution in [3.8, 4) is 0 Å². The molecule has 37 heavy (non-hydrogen) atoms. The largest absolute Gasteiger partial charge is 0.376 e. The third-order valence-corrected chi connectivity index (χ3v) is 9.44. The van der Waals surface area contributed by atoms with Crippen LogP contribution < -0.4 is 0 Å². The van der Waals surface area contributed by atoms with Gasteiger partial charge in [-0.15, -0.1) is 0 Å². The van der Waals surface area contributed by atoms with Gasteiger partial charge >= 0.3 is 0 Å². The minimum atomic E-state index is 0.0735. The van der Waals surface area contributed by atoms with E-state index in [1.54, 1.807) is 0 Å². The third-order valence-electron chi connectivity index (χ3n) is 8.95. The van der Waals surface area contributed by atoms with E-state index in [0.717, 1.165) is 74.5 Å². The maximum absolute atomic E-state index is 13.3. The lowest BCUT2D eigenvalue weighted by Gasteiger charge is -2.53. The lowest BCUT2D eigenvalue weighted by Crippen LogP contribution is -2.62. The van der Waals surface area contributed by atoms with Crippen LogP contribution in [0, 0.1) is 13.8 Å². The van der Waals surface area contributed by atoms with E-state index in [1.807, 2.05) is 18.7 Å². The molecule has 0 N–H and O–H groups in total. The van der Waals surface area contributed by atoms with E-state index in [1.165, 1.54) is 17.5 Å². The normalized spacial score (nSPS) is 26.3. The van der Waals surface area contributed by atoms with Crippen molar-refractivity contribution >= 4 is 21.8 Å². The number of halogens is 1. The average Bonchev–Trinajstić information content (AvgIpc) is 3.21. The van der Waals surface area contributed by atoms with Crippen LogP contribution in [0.15, 0.2) is 29.0 Å². The fraction of sp³-hybridized carbons (Fsp3) is 0.621. The number of nitrogens with zero attached hydrogens (tertiary/aromatic N) is 5. The summed E-state index contributed by atoms with van der Waals surface area (Å²) < 4.78 is 7.41. The van der Waals surface area contributed by atoms with E-state index in [9.17, 15) is 4.79 Å². The minimum Gasteiger partial charge on any atom is -0.376 e. The molecule has 2 fully saturated rings. The zero-order valence-corrected chi connectivity index (χ0v) is 24.4. The van der Waals surface area contributed by atoms with E-state index in [4.69, 9.17) is 4.74 Å². The number of ether oxygens (including phenoxy) is 1. The summed E-state index contributed by atoms with van der Waals surface area (Å²) in [5.74, 6) is 0.0735. The van der Waals surface area contributed by atoms with Crippen molar-refractivity contribution in [3.63, 3.8) is 0 Å². The van der Waals surface area contributed by atoms with E-state index in [-0.39, 0.29) is 17.6 Å². The molecule has 7 nitrogen and oxygen atoms in total. The van der Waals surface area contributed by atoms with Crippen LogP contribution in [-0.2, 0) is 11.2 Å². The maximum atomic E-state index is 13.3. The summed E-state index contributed by atoms with van der Waals surface area (Å²) in [4.78, 5) is 29.2. The number of benzene rings is 1. The van der Waals surface area contributed by atoms with Crippen molar-refractivity contribution in [2.24, 2.45) is 0 Å². The van der Waals surface area contributed by atoms with Crippen molar-refractivity contribution in [1.82, 2.24) is 24.7 Å². The number of carbonyl (C=O) groups excluding carboxylic acids is 1. The van der Waals surface area contributed by atoms with Crippen molar-refractivity contribution in [2.75, 3.05) is 39.3 Å². The Labute approximate surface area is 229 Å². The summed E-state index contributed by atoms with van der Waals surface area (Å²) in [5, 5.41) is 0. The fourth-order valence-corrected chi connectivity index (χ4v) is 7.18. The molecule has 1 amide bonds. The number of hydrogen-bond acceptors (Lipinski definition) is 6. The summed E-state index contributed by atoms with van der Waals surface area (Å²) >= 11 is 3.65. The number of piperazine rings is 1. The van der Waals surface area contributed by atoms with Crippen LogP contribution in [0.1, 0.15) is 72.5 Å². The maximum Gasteiger partial charge on any atom is 0.257 e. The van der Waals surface area contributed by atoms with Gasteiger partial charge in [-0.2, -0.15) is 0 Å². The number of likely N-dealkylation sites (tertiary alicyclic amines) is 1. The van der Waals surface area contributed by atoms with Gasteiger partial charge in [0.1, 0.15) is 6.33 Å². The summed E-state index contributed by atoms with van der Waals surface area (Å²) in [6.07, 6.45) is 4.70. The molecule has 5 rings (SSSR count). The molecule has 0 bridgehead atoms. The summed E-state index contributed by atoms with van der Waals surface area (Å²) in [6, 6.07) is 7.47. The quantitative estimate of drug-likeness (QED) is 0.526. The van der Waals surface area contributed by atoms with Crippen molar-refractivity contribution in [2.45, 2.75) is 77.6 Å². The second-order valence-electron chi connectivity index (χ2n) is 11.2. The molecule has 1 aromatic carbocycles. The highest BCUT2D eigenvalue weighted by Gasteiger charge is 2.44. The molecule has 2 unspecified atom stereocenters. The number of hydrogen-bond donors (Lipinski definition) is 0. The number of carbonyl (C=O) groups is 1. The molecule has 3 aliphatic rings. The van der Waals surface area contributed by atoms with Crippen molar-refractivity contribution < 1.29 is 9.53 Å². The van der Waals surface area contributed by atoms with Crippen LogP contribution in [-0.4, -0.2) is 87.6 Å². The predicted molar refractivity (Wildman–Crippen MR) is 149 cm³/mol. The number of amides is 1. The van der Waals surface area contributed by atoms with Crippen LogP contribution in [0.2, 0.25) is 0 Å². The van der Waals surface area contributed by atoms with E-state index in [2.05, 4.69) is 74.7 Å². The zero-order valence-electron chi connectivity index (χ0n) is 22.8. The summed E-state index contributed by atoms with van der Waals surface area (Å²) in [7, 11) is 0. The third kappa shape index (κ3) is 5.10. The molecule has 2 saturated heterocycles. The number of fused-ring (bicyclic) bond motifs is 1. The van der Waals surface area contributed by atoms with Gasteiger partial charge in [-0.05, 0) is 70.7 Å². The molecular weight excluding hydrogens is 530 g/mol.